The lowest BCUT2D eigenvalue weighted by molar-refractivity contribution is -0.144. The van der Waals surface area contributed by atoms with Gasteiger partial charge in [-0.05, 0) is 77.2 Å². The van der Waals surface area contributed by atoms with Crippen LogP contribution in [0.1, 0.15) is 40.6 Å². The van der Waals surface area contributed by atoms with Gasteiger partial charge in [-0.3, -0.25) is 4.79 Å². The molecule has 5 rings (SSSR count). The molecule has 0 unspecified atom stereocenters. The van der Waals surface area contributed by atoms with Crippen molar-refractivity contribution in [2.45, 2.75) is 37.9 Å². The van der Waals surface area contributed by atoms with Gasteiger partial charge in [0.25, 0.3) is 0 Å². The molecule has 0 atom stereocenters. The molecule has 0 amide bonds. The first kappa shape index (κ1) is 29.7. The summed E-state index contributed by atoms with van der Waals surface area (Å²) in [6, 6.07) is 25.0. The number of hydrogen-bond acceptors (Lipinski definition) is 3. The highest BCUT2D eigenvalue weighted by Crippen LogP contribution is 2.42. The molecule has 216 valence electrons. The Bertz CT molecular complexity index is 1670. The van der Waals surface area contributed by atoms with E-state index < -0.39 is 23.1 Å². The average Bonchev–Trinajstić information content (AvgIpc) is 3.34. The third kappa shape index (κ3) is 5.51. The number of ether oxygens (including phenoxy) is 1. The predicted molar refractivity (Wildman–Crippen MR) is 159 cm³/mol. The second-order valence-electron chi connectivity index (χ2n) is 9.94. The third-order valence-electron chi connectivity index (χ3n) is 7.53. The van der Waals surface area contributed by atoms with Crippen molar-refractivity contribution in [3.8, 4) is 0 Å². The number of methoxy groups -OCH3 is 1. The maximum absolute atomic E-state index is 13.9. The molecular weight excluding hydrogens is 584 g/mol. The number of carbonyl (C=O) groups excluding carboxylic acids is 1. The molecule has 0 bridgehead atoms. The highest BCUT2D eigenvalue weighted by Gasteiger charge is 2.45. The van der Waals surface area contributed by atoms with E-state index in [1.54, 1.807) is 48.5 Å². The normalized spacial score (nSPS) is 12.1. The van der Waals surface area contributed by atoms with Crippen molar-refractivity contribution in [1.29, 1.82) is 0 Å². The van der Waals surface area contributed by atoms with Gasteiger partial charge in [0, 0.05) is 23.0 Å². The number of carbonyl (C=O) groups is 1. The summed E-state index contributed by atoms with van der Waals surface area (Å²) in [5, 5.41) is 1.05. The largest absolute Gasteiger partial charge is 0.468 e. The quantitative estimate of drug-likeness (QED) is 0.130. The second-order valence-corrected chi connectivity index (χ2v) is 10.8. The molecule has 5 aromatic rings. The fourth-order valence-corrected chi connectivity index (χ4v) is 5.68. The van der Waals surface area contributed by atoms with E-state index in [1.807, 2.05) is 25.1 Å². The lowest BCUT2D eigenvalue weighted by atomic mass is 9.69. The Balaban J connectivity index is 1.66. The number of benzene rings is 4. The number of nitrogens with zero attached hydrogens (tertiary/aromatic N) is 2. The molecule has 0 aliphatic carbocycles. The van der Waals surface area contributed by atoms with Crippen molar-refractivity contribution < 1.29 is 22.7 Å². The van der Waals surface area contributed by atoms with Crippen molar-refractivity contribution >= 4 is 40.2 Å². The van der Waals surface area contributed by atoms with Gasteiger partial charge in [-0.15, -0.1) is 0 Å². The van der Waals surface area contributed by atoms with Crippen molar-refractivity contribution in [3.63, 3.8) is 0 Å². The van der Waals surface area contributed by atoms with E-state index in [4.69, 9.17) is 32.9 Å². The van der Waals surface area contributed by atoms with E-state index in [9.17, 15) is 18.0 Å². The summed E-state index contributed by atoms with van der Waals surface area (Å²) in [5.74, 6) is 0.341. The molecule has 0 saturated carbocycles. The highest BCUT2D eigenvalue weighted by atomic mass is 35.5. The maximum atomic E-state index is 13.9. The monoisotopic (exact) mass is 610 g/mol. The van der Waals surface area contributed by atoms with Gasteiger partial charge in [0.2, 0.25) is 0 Å². The molecule has 0 aliphatic heterocycles. The average molecular weight is 611 g/mol. The number of imidazole rings is 1. The van der Waals surface area contributed by atoms with E-state index in [0.29, 0.717) is 46.1 Å². The van der Waals surface area contributed by atoms with Crippen LogP contribution in [0.15, 0.2) is 91.0 Å². The number of halogens is 5. The molecular formula is C33H27Cl2F3N2O2. The smallest absolute Gasteiger partial charge is 0.416 e. The zero-order valence-corrected chi connectivity index (χ0v) is 24.4. The molecule has 42 heavy (non-hydrogen) atoms. The van der Waals surface area contributed by atoms with Gasteiger partial charge in [-0.2, -0.15) is 13.2 Å². The Labute approximate surface area is 251 Å². The lowest BCUT2D eigenvalue weighted by Crippen LogP contribution is -2.39. The van der Waals surface area contributed by atoms with E-state index >= 15 is 0 Å². The Morgan fingerprint density at radius 2 is 1.33 bits per heavy atom. The number of aromatic nitrogens is 2. The molecule has 0 N–H and O–H groups in total. The lowest BCUT2D eigenvalue weighted by Gasteiger charge is -2.33. The SMILES string of the molecule is CCc1nc2ccc(C(C(=O)OC)(c3ccc(Cl)cc3)c3ccc(Cl)cc3)cc2n1CCc1ccc(C(F)(F)F)cc1. The van der Waals surface area contributed by atoms with Crippen molar-refractivity contribution in [3.05, 3.63) is 135 Å². The fourth-order valence-electron chi connectivity index (χ4n) is 5.43. The van der Waals surface area contributed by atoms with E-state index in [2.05, 4.69) is 4.57 Å². The predicted octanol–water partition coefficient (Wildman–Crippen LogP) is 8.67. The van der Waals surface area contributed by atoms with E-state index in [0.717, 1.165) is 34.6 Å². The molecule has 1 heterocycles. The fraction of sp³-hybridized carbons (Fsp3) is 0.212. The van der Waals surface area contributed by atoms with Gasteiger partial charge in [-0.25, -0.2) is 4.98 Å². The van der Waals surface area contributed by atoms with Gasteiger partial charge in [0.1, 0.15) is 11.2 Å². The maximum Gasteiger partial charge on any atom is 0.416 e. The van der Waals surface area contributed by atoms with Gasteiger partial charge in [0.05, 0.1) is 23.7 Å². The molecule has 0 spiro atoms. The summed E-state index contributed by atoms with van der Waals surface area (Å²) in [4.78, 5) is 18.7. The summed E-state index contributed by atoms with van der Waals surface area (Å²) in [6.07, 6.45) is -3.24. The van der Waals surface area contributed by atoms with E-state index in [-0.39, 0.29) is 0 Å². The first-order valence-corrected chi connectivity index (χ1v) is 14.1. The van der Waals surface area contributed by atoms with Crippen LogP contribution in [0.25, 0.3) is 11.0 Å². The van der Waals surface area contributed by atoms with E-state index in [1.165, 1.54) is 19.2 Å². The van der Waals surface area contributed by atoms with Crippen LogP contribution in [0, 0.1) is 0 Å². The minimum Gasteiger partial charge on any atom is -0.468 e. The zero-order chi connectivity index (χ0) is 30.1. The van der Waals surface area contributed by atoms with Crippen LogP contribution < -0.4 is 0 Å². The topological polar surface area (TPSA) is 44.1 Å². The number of esters is 1. The number of rotatable bonds is 8. The van der Waals surface area contributed by atoms with Gasteiger partial charge >= 0.3 is 12.1 Å². The van der Waals surface area contributed by atoms with Crippen molar-refractivity contribution in [2.24, 2.45) is 0 Å². The molecule has 4 aromatic carbocycles. The van der Waals surface area contributed by atoms with Crippen LogP contribution in [0.4, 0.5) is 13.2 Å². The molecule has 1 aromatic heterocycles. The second kappa shape index (κ2) is 11.8. The van der Waals surface area contributed by atoms with Crippen LogP contribution in [0.2, 0.25) is 10.0 Å². The number of alkyl halides is 3. The summed E-state index contributed by atoms with van der Waals surface area (Å²) in [7, 11) is 1.35. The molecule has 0 saturated heterocycles. The molecule has 0 radical (unpaired) electrons. The minimum atomic E-state index is -4.38. The number of fused-ring (bicyclic) bond motifs is 1. The van der Waals surface area contributed by atoms with Crippen molar-refractivity contribution in [1.82, 2.24) is 9.55 Å². The zero-order valence-electron chi connectivity index (χ0n) is 22.9. The molecule has 9 heteroatoms. The first-order valence-electron chi connectivity index (χ1n) is 13.3. The van der Waals surface area contributed by atoms with Crippen molar-refractivity contribution in [2.75, 3.05) is 7.11 Å². The molecule has 0 fully saturated rings. The number of aryl methyl sites for hydroxylation is 3. The number of hydrogen-bond donors (Lipinski definition) is 0. The van der Waals surface area contributed by atoms with Crippen LogP contribution in [-0.4, -0.2) is 22.6 Å². The Kier molecular flexibility index (Phi) is 8.35. The highest BCUT2D eigenvalue weighted by molar-refractivity contribution is 6.30. The first-order chi connectivity index (χ1) is 20.1. The van der Waals surface area contributed by atoms with Gasteiger partial charge in [0.15, 0.2) is 0 Å². The summed E-state index contributed by atoms with van der Waals surface area (Å²) >= 11 is 12.4. The van der Waals surface area contributed by atoms with Crippen LogP contribution in [0.3, 0.4) is 0 Å². The standard InChI is InChI=1S/C33H27Cl2F3N2O2/c1-3-30-39-28-17-12-25(20-29(28)40(30)19-18-21-4-6-24(7-5-21)33(36,37)38)32(31(41)42-2,22-8-13-26(34)14-9-22)23-10-15-27(35)16-11-23/h4-17,20H,3,18-19H2,1-2H3. The van der Waals surface area contributed by atoms with Crippen LogP contribution in [0.5, 0.6) is 0 Å². The Hall–Kier alpha value is -3.81. The summed E-state index contributed by atoms with van der Waals surface area (Å²) < 4.78 is 46.6. The Morgan fingerprint density at radius 1 is 0.810 bits per heavy atom. The third-order valence-corrected chi connectivity index (χ3v) is 8.03. The molecule has 4 nitrogen and oxygen atoms in total. The van der Waals surface area contributed by atoms with Crippen LogP contribution >= 0.6 is 23.2 Å². The molecule has 0 aliphatic rings. The Morgan fingerprint density at radius 3 is 1.83 bits per heavy atom. The summed E-state index contributed by atoms with van der Waals surface area (Å²) in [6.45, 7) is 2.48. The minimum absolute atomic E-state index is 0.488. The van der Waals surface area contributed by atoms with Gasteiger partial charge < -0.3 is 9.30 Å². The van der Waals surface area contributed by atoms with Gasteiger partial charge in [-0.1, -0.05) is 72.6 Å². The van der Waals surface area contributed by atoms with Crippen LogP contribution in [-0.2, 0) is 40.5 Å². The summed E-state index contributed by atoms with van der Waals surface area (Å²) in [5.41, 5.74) is 2.26.